The van der Waals surface area contributed by atoms with Crippen molar-refractivity contribution in [2.75, 3.05) is 13.1 Å². The molecule has 2 aliphatic heterocycles. The number of carboxylic acid groups (broad SMARTS) is 1. The third-order valence-corrected chi connectivity index (χ3v) is 6.16. The molecule has 0 aromatic heterocycles. The molecule has 5 atom stereocenters. The molecule has 10 nitrogen and oxygen atoms in total. The topological polar surface area (TPSA) is 148 Å². The minimum Gasteiger partial charge on any atom is -0.480 e. The Morgan fingerprint density at radius 3 is 2.45 bits per heavy atom. The van der Waals surface area contributed by atoms with Crippen LogP contribution in [0.25, 0.3) is 0 Å². The molecule has 5 N–H and O–H groups in total. The number of likely N-dealkylation sites (tertiary alicyclic amines) is 1. The quantitative estimate of drug-likeness (QED) is 0.331. The van der Waals surface area contributed by atoms with Crippen LogP contribution in [-0.2, 0) is 25.6 Å². The predicted octanol–water partition coefficient (Wildman–Crippen LogP) is -0.593. The fraction of sp³-hybridized carbons (Fsp3) is 0.565. The average molecular weight is 461 g/mol. The summed E-state index contributed by atoms with van der Waals surface area (Å²) in [4.78, 5) is 51.8. The lowest BCUT2D eigenvalue weighted by Crippen LogP contribution is -2.59. The Hall–Kier alpha value is -2.98. The van der Waals surface area contributed by atoms with Crippen molar-refractivity contribution in [2.45, 2.75) is 69.3 Å². The molecular formula is C23H32N4O6. The van der Waals surface area contributed by atoms with Crippen LogP contribution in [0.5, 0.6) is 0 Å². The van der Waals surface area contributed by atoms with Gasteiger partial charge in [0.05, 0.1) is 12.1 Å². The summed E-state index contributed by atoms with van der Waals surface area (Å²) in [6, 6.07) is 5.23. The van der Waals surface area contributed by atoms with Gasteiger partial charge in [0.25, 0.3) is 0 Å². The number of aliphatic hydroxyl groups is 1. The summed E-state index contributed by atoms with van der Waals surface area (Å²) in [5.41, 5.74) is 0.725. The number of carbonyl (C=O) groups excluding carboxylic acids is 3. The first-order valence-corrected chi connectivity index (χ1v) is 11.4. The van der Waals surface area contributed by atoms with Gasteiger partial charge in [-0.15, -0.1) is 0 Å². The highest BCUT2D eigenvalue weighted by atomic mass is 16.4. The predicted molar refractivity (Wildman–Crippen MR) is 119 cm³/mol. The fourth-order valence-electron chi connectivity index (χ4n) is 4.36. The molecule has 33 heavy (non-hydrogen) atoms. The van der Waals surface area contributed by atoms with Crippen molar-refractivity contribution in [3.8, 4) is 0 Å². The highest BCUT2D eigenvalue weighted by Gasteiger charge is 2.40. The van der Waals surface area contributed by atoms with Crippen molar-refractivity contribution < 1.29 is 29.4 Å². The van der Waals surface area contributed by atoms with Crippen LogP contribution in [-0.4, -0.2) is 82.2 Å². The molecular weight excluding hydrogens is 428 g/mol. The van der Waals surface area contributed by atoms with Gasteiger partial charge < -0.3 is 31.1 Å². The maximum absolute atomic E-state index is 13.0. The van der Waals surface area contributed by atoms with E-state index in [4.69, 9.17) is 0 Å². The second-order valence-corrected chi connectivity index (χ2v) is 8.65. The van der Waals surface area contributed by atoms with Crippen molar-refractivity contribution in [2.24, 2.45) is 0 Å². The van der Waals surface area contributed by atoms with Crippen LogP contribution in [0.2, 0.25) is 0 Å². The Bertz CT molecular complexity index is 856. The molecule has 0 saturated carbocycles. The largest absolute Gasteiger partial charge is 0.480 e. The van der Waals surface area contributed by atoms with E-state index in [1.807, 2.05) is 0 Å². The third kappa shape index (κ3) is 6.29. The molecule has 1 aromatic carbocycles. The highest BCUT2D eigenvalue weighted by molar-refractivity contribution is 5.94. The Kier molecular flexibility index (Phi) is 8.40. The second-order valence-electron chi connectivity index (χ2n) is 8.65. The van der Waals surface area contributed by atoms with Gasteiger partial charge in [0, 0.05) is 13.0 Å². The van der Waals surface area contributed by atoms with Crippen molar-refractivity contribution in [3.63, 3.8) is 0 Å². The number of carboxylic acids is 1. The van der Waals surface area contributed by atoms with Gasteiger partial charge >= 0.3 is 5.97 Å². The summed E-state index contributed by atoms with van der Waals surface area (Å²) in [6.07, 6.45) is 1.55. The molecule has 0 spiro atoms. The summed E-state index contributed by atoms with van der Waals surface area (Å²) < 4.78 is 0. The molecule has 3 amide bonds. The molecule has 180 valence electrons. The summed E-state index contributed by atoms with van der Waals surface area (Å²) in [7, 11) is 0. The van der Waals surface area contributed by atoms with Gasteiger partial charge in [0.2, 0.25) is 17.7 Å². The van der Waals surface area contributed by atoms with Crippen LogP contribution in [0.4, 0.5) is 0 Å². The monoisotopic (exact) mass is 460 g/mol. The standard InChI is InChI=1S/C23H32N4O6/c1-14(28)19(21(30)25-17(23(32)33)13-15-7-3-2-4-8-15)26-20(29)18-10-6-12-27(18)22(31)16-9-5-11-24-16/h2-4,7-8,14,16-19,24,28H,5-6,9-13H2,1H3,(H,25,30)(H,26,29)(H,32,33). The summed E-state index contributed by atoms with van der Waals surface area (Å²) in [5, 5.41) is 27.8. The van der Waals surface area contributed by atoms with Crippen molar-refractivity contribution in [1.29, 1.82) is 0 Å². The third-order valence-electron chi connectivity index (χ3n) is 6.16. The first-order valence-electron chi connectivity index (χ1n) is 11.4. The smallest absolute Gasteiger partial charge is 0.326 e. The normalized spacial score (nSPS) is 22.9. The Morgan fingerprint density at radius 2 is 1.85 bits per heavy atom. The minimum absolute atomic E-state index is 0.0572. The van der Waals surface area contributed by atoms with Crippen molar-refractivity contribution in [3.05, 3.63) is 35.9 Å². The van der Waals surface area contributed by atoms with E-state index in [1.54, 1.807) is 30.3 Å². The SMILES string of the molecule is CC(O)C(NC(=O)C1CCCN1C(=O)C1CCCN1)C(=O)NC(Cc1ccccc1)C(=O)O. The molecule has 2 aliphatic rings. The van der Waals surface area contributed by atoms with Crippen LogP contribution in [0.3, 0.4) is 0 Å². The van der Waals surface area contributed by atoms with Gasteiger partial charge in [-0.3, -0.25) is 14.4 Å². The van der Waals surface area contributed by atoms with Gasteiger partial charge in [0.15, 0.2) is 0 Å². The molecule has 2 heterocycles. The number of aliphatic carboxylic acids is 1. The number of benzene rings is 1. The molecule has 5 unspecified atom stereocenters. The van der Waals surface area contributed by atoms with E-state index in [9.17, 15) is 29.4 Å². The van der Waals surface area contributed by atoms with Gasteiger partial charge in [-0.05, 0) is 44.7 Å². The van der Waals surface area contributed by atoms with Crippen molar-refractivity contribution >= 4 is 23.7 Å². The molecule has 2 saturated heterocycles. The summed E-state index contributed by atoms with van der Waals surface area (Å²) in [5.74, 6) is -2.68. The van der Waals surface area contributed by atoms with E-state index < -0.39 is 42.0 Å². The van der Waals surface area contributed by atoms with E-state index in [2.05, 4.69) is 16.0 Å². The lowest BCUT2D eigenvalue weighted by atomic mass is 10.0. The lowest BCUT2D eigenvalue weighted by molar-refractivity contribution is -0.144. The number of carbonyl (C=O) groups is 4. The van der Waals surface area contributed by atoms with Crippen molar-refractivity contribution in [1.82, 2.24) is 20.9 Å². The lowest BCUT2D eigenvalue weighted by Gasteiger charge is -2.29. The zero-order chi connectivity index (χ0) is 24.0. The molecule has 0 aliphatic carbocycles. The van der Waals surface area contributed by atoms with Crippen LogP contribution in [0, 0.1) is 0 Å². The van der Waals surface area contributed by atoms with Crippen LogP contribution in [0.1, 0.15) is 38.2 Å². The number of hydrogen-bond donors (Lipinski definition) is 5. The maximum Gasteiger partial charge on any atom is 0.326 e. The molecule has 0 bridgehead atoms. The number of hydrogen-bond acceptors (Lipinski definition) is 6. The Morgan fingerprint density at radius 1 is 1.12 bits per heavy atom. The first-order chi connectivity index (χ1) is 15.8. The number of nitrogens with zero attached hydrogens (tertiary/aromatic N) is 1. The summed E-state index contributed by atoms with van der Waals surface area (Å²) in [6.45, 7) is 2.56. The van der Waals surface area contributed by atoms with Crippen LogP contribution >= 0.6 is 0 Å². The highest BCUT2D eigenvalue weighted by Crippen LogP contribution is 2.21. The van der Waals surface area contributed by atoms with Crippen LogP contribution < -0.4 is 16.0 Å². The van der Waals surface area contributed by atoms with E-state index in [-0.39, 0.29) is 18.4 Å². The zero-order valence-electron chi connectivity index (χ0n) is 18.7. The fourth-order valence-corrected chi connectivity index (χ4v) is 4.36. The Labute approximate surface area is 192 Å². The summed E-state index contributed by atoms with van der Waals surface area (Å²) >= 11 is 0. The average Bonchev–Trinajstić information content (AvgIpc) is 3.49. The number of amides is 3. The van der Waals surface area contributed by atoms with Gasteiger partial charge in [0.1, 0.15) is 18.1 Å². The van der Waals surface area contributed by atoms with Gasteiger partial charge in [-0.25, -0.2) is 4.79 Å². The molecule has 1 aromatic rings. The number of rotatable bonds is 9. The molecule has 0 radical (unpaired) electrons. The maximum atomic E-state index is 13.0. The zero-order valence-corrected chi connectivity index (χ0v) is 18.7. The second kappa shape index (κ2) is 11.2. The van der Waals surface area contributed by atoms with E-state index in [0.717, 1.165) is 24.9 Å². The molecule has 2 fully saturated rings. The van der Waals surface area contributed by atoms with Gasteiger partial charge in [-0.2, -0.15) is 0 Å². The number of nitrogens with one attached hydrogen (secondary N) is 3. The van der Waals surface area contributed by atoms with E-state index in [1.165, 1.54) is 11.8 Å². The first kappa shape index (κ1) is 24.7. The Balaban J connectivity index is 1.64. The van der Waals surface area contributed by atoms with Crippen LogP contribution in [0.15, 0.2) is 30.3 Å². The molecule has 10 heteroatoms. The van der Waals surface area contributed by atoms with Gasteiger partial charge in [-0.1, -0.05) is 30.3 Å². The van der Waals surface area contributed by atoms with E-state index >= 15 is 0 Å². The minimum atomic E-state index is -1.35. The number of aliphatic hydroxyl groups excluding tert-OH is 1. The molecule has 3 rings (SSSR count). The van der Waals surface area contributed by atoms with E-state index in [0.29, 0.717) is 19.4 Å².